The zero-order valence-corrected chi connectivity index (χ0v) is 30.6. The fraction of sp³-hybridized carbons (Fsp3) is 0.742. The van der Waals surface area contributed by atoms with Crippen LogP contribution in [0.3, 0.4) is 0 Å². The highest BCUT2D eigenvalue weighted by Crippen LogP contribution is 2.39. The van der Waals surface area contributed by atoms with Gasteiger partial charge in [0.1, 0.15) is 28.7 Å². The summed E-state index contributed by atoms with van der Waals surface area (Å²) in [6.07, 6.45) is -3.84. The van der Waals surface area contributed by atoms with Crippen molar-refractivity contribution in [3.8, 4) is 5.88 Å². The summed E-state index contributed by atoms with van der Waals surface area (Å²) in [5.74, 6) is -1.28. The number of imide groups is 1. The zero-order chi connectivity index (χ0) is 34.9. The van der Waals surface area contributed by atoms with Crippen LogP contribution in [0.2, 0.25) is 18.1 Å². The molecule has 1 N–H and O–H groups in total. The van der Waals surface area contributed by atoms with Crippen LogP contribution in [-0.4, -0.2) is 71.9 Å². The molecule has 254 valence electrons. The van der Waals surface area contributed by atoms with Crippen molar-refractivity contribution in [3.63, 3.8) is 0 Å². The van der Waals surface area contributed by atoms with Gasteiger partial charge in [0.25, 0.3) is 0 Å². The number of nitrogens with zero attached hydrogens (tertiary/aromatic N) is 3. The van der Waals surface area contributed by atoms with Crippen LogP contribution in [0.5, 0.6) is 5.88 Å². The monoisotopic (exact) mass is 652 g/mol. The Morgan fingerprint density at radius 1 is 0.822 bits per heavy atom. The van der Waals surface area contributed by atoms with Gasteiger partial charge in [-0.3, -0.25) is 4.79 Å². The van der Waals surface area contributed by atoms with Gasteiger partial charge in [-0.15, -0.1) is 4.90 Å². The third-order valence-electron chi connectivity index (χ3n) is 6.93. The summed E-state index contributed by atoms with van der Waals surface area (Å²) in [6.45, 7) is 27.2. The Kier molecular flexibility index (Phi) is 11.1. The number of hydrogen-bond donors (Lipinski definition) is 1. The highest BCUT2D eigenvalue weighted by Gasteiger charge is 2.42. The van der Waals surface area contributed by atoms with Gasteiger partial charge in [0.05, 0.1) is 5.56 Å². The topological polar surface area (TPSA) is 155 Å². The molecule has 1 aliphatic rings. The van der Waals surface area contributed by atoms with E-state index in [2.05, 4.69) is 49.1 Å². The number of aromatic nitrogens is 2. The molecule has 14 heteroatoms. The van der Waals surface area contributed by atoms with Crippen molar-refractivity contribution in [3.05, 3.63) is 5.56 Å². The molecule has 0 saturated heterocycles. The Bertz CT molecular complexity index is 1260. The SMILES string of the molecule is C[C@H](O[Si](C)(C)C(C)(C)C)C(=O)[C@@H]1CNc2nc(N(C(=O)OC(C)(C)C)C(=O)OC(C)(C)C)nc(OC(=O)OC(C)(C)C)c2C1. The Morgan fingerprint density at radius 2 is 1.31 bits per heavy atom. The fourth-order valence-corrected chi connectivity index (χ4v) is 5.27. The second-order valence-corrected chi connectivity index (χ2v) is 20.5. The smallest absolute Gasteiger partial charge is 0.443 e. The molecule has 45 heavy (non-hydrogen) atoms. The Balaban J connectivity index is 2.60. The van der Waals surface area contributed by atoms with Crippen molar-refractivity contribution in [1.82, 2.24) is 9.97 Å². The van der Waals surface area contributed by atoms with Crippen LogP contribution < -0.4 is 15.0 Å². The second kappa shape index (κ2) is 13.2. The van der Waals surface area contributed by atoms with E-state index in [4.69, 9.17) is 23.4 Å². The first-order valence-corrected chi connectivity index (χ1v) is 18.0. The lowest BCUT2D eigenvalue weighted by molar-refractivity contribution is -0.129. The minimum atomic E-state index is -2.24. The lowest BCUT2D eigenvalue weighted by Gasteiger charge is -2.39. The number of rotatable bonds is 6. The van der Waals surface area contributed by atoms with Crippen LogP contribution in [0.15, 0.2) is 0 Å². The third-order valence-corrected chi connectivity index (χ3v) is 11.5. The Morgan fingerprint density at radius 3 is 1.76 bits per heavy atom. The highest BCUT2D eigenvalue weighted by atomic mass is 28.4. The summed E-state index contributed by atoms with van der Waals surface area (Å²) in [7, 11) is -2.24. The molecule has 2 atom stereocenters. The Labute approximate surface area is 268 Å². The summed E-state index contributed by atoms with van der Waals surface area (Å²) >= 11 is 0. The normalized spacial score (nSPS) is 16.5. The largest absolute Gasteiger partial charge is 0.515 e. The number of carbonyl (C=O) groups excluding carboxylic acids is 4. The molecular formula is C31H52N4O9Si. The number of ether oxygens (including phenoxy) is 4. The lowest BCUT2D eigenvalue weighted by atomic mass is 9.90. The van der Waals surface area contributed by atoms with Gasteiger partial charge in [-0.1, -0.05) is 20.8 Å². The lowest BCUT2D eigenvalue weighted by Crippen LogP contribution is -2.47. The fourth-order valence-electron chi connectivity index (χ4n) is 3.92. The summed E-state index contributed by atoms with van der Waals surface area (Å²) in [5, 5.41) is 3.00. The molecule has 2 heterocycles. The molecule has 2 rings (SSSR count). The minimum Gasteiger partial charge on any atom is -0.443 e. The number of nitrogens with one attached hydrogen (secondary N) is 1. The van der Waals surface area contributed by atoms with E-state index >= 15 is 0 Å². The first-order valence-electron chi connectivity index (χ1n) is 15.1. The van der Waals surface area contributed by atoms with Gasteiger partial charge in [0.15, 0.2) is 14.1 Å². The summed E-state index contributed by atoms with van der Waals surface area (Å²) < 4.78 is 28.1. The van der Waals surface area contributed by atoms with Crippen molar-refractivity contribution in [2.75, 3.05) is 16.8 Å². The zero-order valence-electron chi connectivity index (χ0n) is 29.6. The standard InChI is InChI=1S/C31H52N4O9Si/c1-18(44-45(14,15)31(11,12)13)21(36)19-16-20-22(32-17-19)33-24(34-23(20)40-27(39)43-30(8,9)10)35(25(37)41-28(2,3)4)26(38)42-29(5,6)7/h18-19H,16-17H2,1-15H3,(H,32,33,34)/t18-,19-/m0/s1. The molecule has 0 unspecified atom stereocenters. The second-order valence-electron chi connectivity index (χ2n) is 15.7. The van der Waals surface area contributed by atoms with Gasteiger partial charge in [0, 0.05) is 12.5 Å². The number of Topliss-reactive ketones (excluding diaryl/α,β-unsaturated/α-hetero) is 1. The maximum Gasteiger partial charge on any atom is 0.515 e. The molecule has 1 aromatic heterocycles. The van der Waals surface area contributed by atoms with Gasteiger partial charge in [-0.25, -0.2) is 14.4 Å². The first-order chi connectivity index (χ1) is 20.1. The van der Waals surface area contributed by atoms with Crippen molar-refractivity contribution in [2.24, 2.45) is 5.92 Å². The van der Waals surface area contributed by atoms with Gasteiger partial charge in [-0.2, -0.15) is 9.97 Å². The van der Waals surface area contributed by atoms with Crippen molar-refractivity contribution in [2.45, 2.75) is 137 Å². The van der Waals surface area contributed by atoms with Crippen LogP contribution >= 0.6 is 0 Å². The van der Waals surface area contributed by atoms with Gasteiger partial charge < -0.3 is 28.7 Å². The summed E-state index contributed by atoms with van der Waals surface area (Å²) in [5.41, 5.74) is -2.55. The van der Waals surface area contributed by atoms with Gasteiger partial charge in [0.2, 0.25) is 11.8 Å². The van der Waals surface area contributed by atoms with Crippen LogP contribution in [0.25, 0.3) is 0 Å². The van der Waals surface area contributed by atoms with E-state index in [1.807, 2.05) is 0 Å². The van der Waals surface area contributed by atoms with E-state index in [1.54, 1.807) is 69.2 Å². The maximum atomic E-state index is 13.6. The average molecular weight is 653 g/mol. The molecule has 1 aromatic rings. The predicted molar refractivity (Wildman–Crippen MR) is 172 cm³/mol. The highest BCUT2D eigenvalue weighted by molar-refractivity contribution is 6.74. The predicted octanol–water partition coefficient (Wildman–Crippen LogP) is 7.03. The van der Waals surface area contributed by atoms with Crippen LogP contribution in [0, 0.1) is 5.92 Å². The maximum absolute atomic E-state index is 13.6. The summed E-state index contributed by atoms with van der Waals surface area (Å²) in [4.78, 5) is 62.3. The van der Waals surface area contributed by atoms with E-state index < -0.39 is 61.4 Å². The molecule has 0 aliphatic carbocycles. The van der Waals surface area contributed by atoms with Crippen molar-refractivity contribution >= 4 is 44.2 Å². The van der Waals surface area contributed by atoms with Crippen LogP contribution in [0.1, 0.15) is 95.6 Å². The molecule has 2 amide bonds. The first kappa shape index (κ1) is 37.9. The molecular weight excluding hydrogens is 600 g/mol. The average Bonchev–Trinajstić information content (AvgIpc) is 2.78. The molecule has 0 saturated carbocycles. The molecule has 0 aromatic carbocycles. The van der Waals surface area contributed by atoms with Crippen LogP contribution in [-0.2, 0) is 29.9 Å². The number of fused-ring (bicyclic) bond motifs is 1. The molecule has 0 radical (unpaired) electrons. The van der Waals surface area contributed by atoms with E-state index in [0.29, 0.717) is 10.5 Å². The van der Waals surface area contributed by atoms with Crippen LogP contribution in [0.4, 0.5) is 26.1 Å². The van der Waals surface area contributed by atoms with Crippen molar-refractivity contribution in [1.29, 1.82) is 0 Å². The minimum absolute atomic E-state index is 0.0915. The van der Waals surface area contributed by atoms with E-state index in [-0.39, 0.29) is 35.5 Å². The number of hydrogen-bond acceptors (Lipinski definition) is 12. The quantitative estimate of drug-likeness (QED) is 0.190. The molecule has 1 aliphatic heterocycles. The Hall–Kier alpha value is -3.26. The summed E-state index contributed by atoms with van der Waals surface area (Å²) in [6, 6.07) is 0. The molecule has 0 fully saturated rings. The number of carbonyl (C=O) groups is 4. The molecule has 0 bridgehead atoms. The number of anilines is 2. The molecule has 0 spiro atoms. The van der Waals surface area contributed by atoms with Gasteiger partial charge in [-0.05, 0) is 93.8 Å². The van der Waals surface area contributed by atoms with E-state index in [1.165, 1.54) is 0 Å². The van der Waals surface area contributed by atoms with E-state index in [9.17, 15) is 19.2 Å². The van der Waals surface area contributed by atoms with Crippen molar-refractivity contribution < 1.29 is 42.6 Å². The molecule has 13 nitrogen and oxygen atoms in total. The third kappa shape index (κ3) is 10.9. The number of ketones is 1. The van der Waals surface area contributed by atoms with E-state index in [0.717, 1.165) is 0 Å². The van der Waals surface area contributed by atoms with Gasteiger partial charge >= 0.3 is 18.3 Å². The number of amides is 2.